The maximum atomic E-state index is 12.2. The summed E-state index contributed by atoms with van der Waals surface area (Å²) in [5.41, 5.74) is 4.32. The molecule has 3 aromatic carbocycles. The van der Waals surface area contributed by atoms with Crippen LogP contribution in [0.3, 0.4) is 0 Å². The minimum Gasteiger partial charge on any atom is -0.491 e. The third-order valence-corrected chi connectivity index (χ3v) is 5.33. The number of anilines is 1. The molecule has 32 heavy (non-hydrogen) atoms. The summed E-state index contributed by atoms with van der Waals surface area (Å²) >= 11 is 0. The quantitative estimate of drug-likeness (QED) is 0.427. The first-order chi connectivity index (χ1) is 15.8. The molecule has 0 aromatic heterocycles. The Labute approximate surface area is 189 Å². The number of morpholine rings is 1. The number of hydrogen-bond donors (Lipinski definition) is 1. The van der Waals surface area contributed by atoms with E-state index in [1.54, 1.807) is 6.08 Å². The van der Waals surface area contributed by atoms with Gasteiger partial charge in [-0.3, -0.25) is 4.79 Å². The molecule has 1 fully saturated rings. The summed E-state index contributed by atoms with van der Waals surface area (Å²) < 4.78 is 11.3. The Morgan fingerprint density at radius 3 is 2.44 bits per heavy atom. The summed E-state index contributed by atoms with van der Waals surface area (Å²) in [6, 6.07) is 26.3. The number of carbonyl (C=O) groups is 1. The molecule has 0 saturated carbocycles. The zero-order chi connectivity index (χ0) is 22.0. The molecule has 1 N–H and O–H groups in total. The van der Waals surface area contributed by atoms with Crippen LogP contribution in [0.5, 0.6) is 5.75 Å². The van der Waals surface area contributed by atoms with Gasteiger partial charge >= 0.3 is 0 Å². The molecule has 0 radical (unpaired) electrons. The fourth-order valence-corrected chi connectivity index (χ4v) is 3.63. The van der Waals surface area contributed by atoms with Crippen molar-refractivity contribution in [1.82, 2.24) is 5.32 Å². The van der Waals surface area contributed by atoms with Gasteiger partial charge in [-0.1, -0.05) is 60.7 Å². The van der Waals surface area contributed by atoms with Crippen LogP contribution < -0.4 is 15.0 Å². The van der Waals surface area contributed by atoms with E-state index in [1.165, 1.54) is 5.69 Å². The first-order valence-corrected chi connectivity index (χ1v) is 11.0. The Morgan fingerprint density at radius 2 is 1.66 bits per heavy atom. The second kappa shape index (κ2) is 11.2. The lowest BCUT2D eigenvalue weighted by molar-refractivity contribution is -0.116. The number of nitrogens with one attached hydrogen (secondary N) is 1. The molecule has 0 aliphatic carbocycles. The number of benzene rings is 3. The lowest BCUT2D eigenvalue weighted by atomic mass is 10.1. The van der Waals surface area contributed by atoms with Crippen LogP contribution in [-0.4, -0.2) is 45.4 Å². The highest BCUT2D eigenvalue weighted by Crippen LogP contribution is 2.29. The molecule has 1 aliphatic rings. The van der Waals surface area contributed by atoms with Crippen molar-refractivity contribution >= 4 is 17.7 Å². The molecule has 1 saturated heterocycles. The van der Waals surface area contributed by atoms with E-state index in [-0.39, 0.29) is 5.91 Å². The summed E-state index contributed by atoms with van der Waals surface area (Å²) in [5.74, 6) is 0.672. The molecule has 0 unspecified atom stereocenters. The van der Waals surface area contributed by atoms with Gasteiger partial charge in [0, 0.05) is 30.4 Å². The van der Waals surface area contributed by atoms with Crippen LogP contribution in [0.2, 0.25) is 0 Å². The average molecular weight is 429 g/mol. The molecule has 1 heterocycles. The molecule has 4 rings (SSSR count). The van der Waals surface area contributed by atoms with Gasteiger partial charge < -0.3 is 19.7 Å². The van der Waals surface area contributed by atoms with Gasteiger partial charge in [-0.05, 0) is 35.4 Å². The van der Waals surface area contributed by atoms with Gasteiger partial charge in [-0.25, -0.2) is 0 Å². The third-order valence-electron chi connectivity index (χ3n) is 5.33. The van der Waals surface area contributed by atoms with Crippen molar-refractivity contribution in [2.24, 2.45) is 0 Å². The predicted octanol–water partition coefficient (Wildman–Crippen LogP) is 4.40. The number of amides is 1. The number of hydrogen-bond acceptors (Lipinski definition) is 4. The van der Waals surface area contributed by atoms with Crippen molar-refractivity contribution < 1.29 is 14.3 Å². The summed E-state index contributed by atoms with van der Waals surface area (Å²) in [5, 5.41) is 2.87. The smallest absolute Gasteiger partial charge is 0.244 e. The Balaban J connectivity index is 1.23. The first kappa shape index (κ1) is 21.7. The zero-order valence-corrected chi connectivity index (χ0v) is 18.1. The van der Waals surface area contributed by atoms with Gasteiger partial charge in [-0.2, -0.15) is 0 Å². The van der Waals surface area contributed by atoms with Crippen molar-refractivity contribution in [2.45, 2.75) is 0 Å². The fraction of sp³-hybridized carbons (Fsp3) is 0.222. The number of carbonyl (C=O) groups excluding carboxylic acids is 1. The monoisotopic (exact) mass is 428 g/mol. The zero-order valence-electron chi connectivity index (χ0n) is 18.1. The van der Waals surface area contributed by atoms with Gasteiger partial charge in [0.05, 0.1) is 19.8 Å². The second-order valence-corrected chi connectivity index (χ2v) is 7.53. The van der Waals surface area contributed by atoms with E-state index in [1.807, 2.05) is 60.7 Å². The van der Waals surface area contributed by atoms with Crippen molar-refractivity contribution in [2.75, 3.05) is 44.4 Å². The van der Waals surface area contributed by atoms with Crippen LogP contribution in [0.1, 0.15) is 5.56 Å². The lowest BCUT2D eigenvalue weighted by Crippen LogP contribution is -2.36. The highest BCUT2D eigenvalue weighted by Gasteiger charge is 2.10. The molecular formula is C27H28N2O3. The van der Waals surface area contributed by atoms with E-state index in [0.29, 0.717) is 13.2 Å². The van der Waals surface area contributed by atoms with Crippen molar-refractivity contribution in [3.05, 3.63) is 90.5 Å². The summed E-state index contributed by atoms with van der Waals surface area (Å²) in [7, 11) is 0. The third kappa shape index (κ3) is 5.99. The number of ether oxygens (including phenoxy) is 2. The van der Waals surface area contributed by atoms with Crippen molar-refractivity contribution in [1.29, 1.82) is 0 Å². The molecule has 0 atom stereocenters. The largest absolute Gasteiger partial charge is 0.491 e. The minimum atomic E-state index is -0.137. The molecule has 0 spiro atoms. The van der Waals surface area contributed by atoms with E-state index in [2.05, 4.69) is 34.5 Å². The summed E-state index contributed by atoms with van der Waals surface area (Å²) in [6.07, 6.45) is 3.38. The van der Waals surface area contributed by atoms with E-state index < -0.39 is 0 Å². The standard InChI is InChI=1S/C27H28N2O3/c30-27(15-12-22-10-13-24(14-11-22)29-17-20-31-21-18-29)28-16-19-32-26-9-5-4-8-25(26)23-6-2-1-3-7-23/h1-15H,16-21H2,(H,28,30). The van der Waals surface area contributed by atoms with Crippen LogP contribution in [0.4, 0.5) is 5.69 Å². The molecular weight excluding hydrogens is 400 g/mol. The Morgan fingerprint density at radius 1 is 0.938 bits per heavy atom. The lowest BCUT2D eigenvalue weighted by Gasteiger charge is -2.28. The normalized spacial score (nSPS) is 13.8. The van der Waals surface area contributed by atoms with Crippen molar-refractivity contribution in [3.8, 4) is 16.9 Å². The molecule has 1 aliphatic heterocycles. The molecule has 3 aromatic rings. The molecule has 164 valence electrons. The van der Waals surface area contributed by atoms with Crippen molar-refractivity contribution in [3.63, 3.8) is 0 Å². The van der Waals surface area contributed by atoms with Crippen LogP contribution in [-0.2, 0) is 9.53 Å². The maximum Gasteiger partial charge on any atom is 0.244 e. The highest BCUT2D eigenvalue weighted by molar-refractivity contribution is 5.91. The Hall–Kier alpha value is -3.57. The van der Waals surface area contributed by atoms with Gasteiger partial charge in [0.1, 0.15) is 12.4 Å². The van der Waals surface area contributed by atoms with E-state index >= 15 is 0 Å². The SMILES string of the molecule is O=C(C=Cc1ccc(N2CCOCC2)cc1)NCCOc1ccccc1-c1ccccc1. The Kier molecular flexibility index (Phi) is 7.55. The van der Waals surface area contributed by atoms with E-state index in [9.17, 15) is 4.79 Å². The first-order valence-electron chi connectivity index (χ1n) is 11.0. The molecule has 5 nitrogen and oxygen atoms in total. The van der Waals surface area contributed by atoms with E-state index in [0.717, 1.165) is 48.7 Å². The molecule has 0 bridgehead atoms. The molecule has 1 amide bonds. The van der Waals surface area contributed by atoms with Gasteiger partial charge in [0.15, 0.2) is 0 Å². The van der Waals surface area contributed by atoms with Crippen LogP contribution in [0.15, 0.2) is 84.9 Å². The van der Waals surface area contributed by atoms with E-state index in [4.69, 9.17) is 9.47 Å². The minimum absolute atomic E-state index is 0.137. The summed E-state index contributed by atoms with van der Waals surface area (Å²) in [4.78, 5) is 14.5. The maximum absolute atomic E-state index is 12.2. The number of para-hydroxylation sites is 1. The predicted molar refractivity (Wildman–Crippen MR) is 129 cm³/mol. The number of nitrogens with zero attached hydrogens (tertiary/aromatic N) is 1. The second-order valence-electron chi connectivity index (χ2n) is 7.53. The van der Waals surface area contributed by atoms with Gasteiger partial charge in [0.2, 0.25) is 5.91 Å². The van der Waals surface area contributed by atoms with Gasteiger partial charge in [0.25, 0.3) is 0 Å². The van der Waals surface area contributed by atoms with Gasteiger partial charge in [-0.15, -0.1) is 0 Å². The number of rotatable bonds is 8. The Bertz CT molecular complexity index is 1030. The molecule has 5 heteroatoms. The highest BCUT2D eigenvalue weighted by atomic mass is 16.5. The summed E-state index contributed by atoms with van der Waals surface area (Å²) in [6.45, 7) is 4.19. The van der Waals surface area contributed by atoms with Crippen LogP contribution >= 0.6 is 0 Å². The average Bonchev–Trinajstić information content (AvgIpc) is 2.87. The fourth-order valence-electron chi connectivity index (χ4n) is 3.63. The topological polar surface area (TPSA) is 50.8 Å². The van der Waals surface area contributed by atoms with Crippen LogP contribution in [0, 0.1) is 0 Å². The van der Waals surface area contributed by atoms with Crippen LogP contribution in [0.25, 0.3) is 17.2 Å².